The molecule has 0 aliphatic carbocycles. The van der Waals surface area contributed by atoms with Crippen LogP contribution < -0.4 is 5.32 Å². The molecule has 0 saturated heterocycles. The van der Waals surface area contributed by atoms with Gasteiger partial charge in [0.1, 0.15) is 11.7 Å². The molecule has 2 heterocycles. The second-order valence-corrected chi connectivity index (χ2v) is 10.3. The summed E-state index contributed by atoms with van der Waals surface area (Å²) >= 11 is 0. The molecule has 1 N–H and O–H groups in total. The van der Waals surface area contributed by atoms with E-state index < -0.39 is 10.0 Å². The summed E-state index contributed by atoms with van der Waals surface area (Å²) in [6, 6.07) is 16.4. The predicted octanol–water partition coefficient (Wildman–Crippen LogP) is 4.30. The van der Waals surface area contributed by atoms with E-state index in [0.29, 0.717) is 17.9 Å². The first-order chi connectivity index (χ1) is 15.2. The number of allylic oxidation sites excluding steroid dienone is 2. The summed E-state index contributed by atoms with van der Waals surface area (Å²) in [6.45, 7) is 6.72. The van der Waals surface area contributed by atoms with Crippen LogP contribution in [0.3, 0.4) is 0 Å². The number of fused-ring (bicyclic) bond motifs is 1. The van der Waals surface area contributed by atoms with Crippen molar-refractivity contribution in [1.29, 1.82) is 5.26 Å². The van der Waals surface area contributed by atoms with Crippen molar-refractivity contribution in [1.82, 2.24) is 10.2 Å². The maximum atomic E-state index is 13.0. The predicted molar refractivity (Wildman–Crippen MR) is 126 cm³/mol. The van der Waals surface area contributed by atoms with E-state index >= 15 is 0 Å². The van der Waals surface area contributed by atoms with Crippen molar-refractivity contribution in [2.24, 2.45) is 4.40 Å². The fourth-order valence-electron chi connectivity index (χ4n) is 3.52. The first-order valence-electron chi connectivity index (χ1n) is 10.3. The number of benzene rings is 2. The van der Waals surface area contributed by atoms with Gasteiger partial charge in [-0.2, -0.15) is 13.7 Å². The molecule has 4 rings (SSSR count). The molecule has 0 unspecified atom stereocenters. The van der Waals surface area contributed by atoms with Crippen molar-refractivity contribution in [2.45, 2.75) is 31.1 Å². The Balaban J connectivity index is 1.60. The third-order valence-corrected chi connectivity index (χ3v) is 6.69. The van der Waals surface area contributed by atoms with E-state index in [1.165, 1.54) is 0 Å². The van der Waals surface area contributed by atoms with Crippen LogP contribution in [0, 0.1) is 11.3 Å². The molecule has 0 atom stereocenters. The molecule has 0 amide bonds. The molecule has 2 aliphatic rings. The van der Waals surface area contributed by atoms with Gasteiger partial charge in [-0.1, -0.05) is 51.1 Å². The number of hydrogen-bond donors (Lipinski definition) is 1. The van der Waals surface area contributed by atoms with Crippen molar-refractivity contribution >= 4 is 21.4 Å². The van der Waals surface area contributed by atoms with Crippen LogP contribution in [0.25, 0.3) is 5.57 Å². The summed E-state index contributed by atoms with van der Waals surface area (Å²) < 4.78 is 30.0. The first kappa shape index (κ1) is 21.6. The maximum Gasteiger partial charge on any atom is 0.284 e. The molecule has 0 aromatic heterocycles. The summed E-state index contributed by atoms with van der Waals surface area (Å²) in [5.74, 6) is 1.09. The lowest BCUT2D eigenvalue weighted by Gasteiger charge is -2.32. The lowest BCUT2D eigenvalue weighted by Crippen LogP contribution is -2.39. The average molecular weight is 445 g/mol. The lowest BCUT2D eigenvalue weighted by atomic mass is 9.87. The van der Waals surface area contributed by atoms with Crippen molar-refractivity contribution in [3.63, 3.8) is 0 Å². The topological polar surface area (TPSA) is 85.6 Å². The molecule has 7 heteroatoms. The quantitative estimate of drug-likeness (QED) is 0.763. The highest BCUT2D eigenvalue weighted by Gasteiger charge is 2.24. The van der Waals surface area contributed by atoms with Crippen LogP contribution in [0.1, 0.15) is 37.5 Å². The Bertz CT molecular complexity index is 1300. The van der Waals surface area contributed by atoms with Gasteiger partial charge in [0.25, 0.3) is 10.0 Å². The standard InChI is InChI=1S/C25H24N4O2S/c1-25(2,3)21-8-10-22(11-9-21)32(30,31)28-23-12-14-27-24-16-20(13-15-29(23)24)19-6-4-18(17-26)5-7-19/h4-14,16,27H,15H2,1-3H3. The van der Waals surface area contributed by atoms with Gasteiger partial charge in [-0.25, -0.2) is 0 Å². The zero-order chi connectivity index (χ0) is 22.9. The van der Waals surface area contributed by atoms with Crippen LogP contribution in [-0.2, 0) is 15.4 Å². The van der Waals surface area contributed by atoms with Crippen molar-refractivity contribution in [2.75, 3.05) is 6.54 Å². The normalized spacial score (nSPS) is 17.2. The Morgan fingerprint density at radius 2 is 1.75 bits per heavy atom. The highest BCUT2D eigenvalue weighted by Crippen LogP contribution is 2.27. The van der Waals surface area contributed by atoms with Crippen LogP contribution in [-0.4, -0.2) is 25.7 Å². The van der Waals surface area contributed by atoms with Gasteiger partial charge in [0.05, 0.1) is 16.5 Å². The second-order valence-electron chi connectivity index (χ2n) is 8.67. The van der Waals surface area contributed by atoms with Gasteiger partial charge in [-0.3, -0.25) is 0 Å². The minimum Gasteiger partial charge on any atom is -0.348 e. The average Bonchev–Trinajstić information content (AvgIpc) is 2.78. The van der Waals surface area contributed by atoms with Gasteiger partial charge in [-0.05, 0) is 58.5 Å². The molecule has 162 valence electrons. The summed E-state index contributed by atoms with van der Waals surface area (Å²) in [5, 5.41) is 12.1. The summed E-state index contributed by atoms with van der Waals surface area (Å²) in [5.41, 5.74) is 3.58. The van der Waals surface area contributed by atoms with Crippen LogP contribution >= 0.6 is 0 Å². The van der Waals surface area contributed by atoms with Gasteiger partial charge in [0, 0.05) is 12.7 Å². The van der Waals surface area contributed by atoms with E-state index in [1.54, 1.807) is 36.5 Å². The minimum absolute atomic E-state index is 0.0571. The van der Waals surface area contributed by atoms with Gasteiger partial charge in [-0.15, -0.1) is 4.40 Å². The van der Waals surface area contributed by atoms with E-state index in [0.717, 1.165) is 22.5 Å². The van der Waals surface area contributed by atoms with Gasteiger partial charge in [0.15, 0.2) is 0 Å². The second kappa shape index (κ2) is 8.13. The Labute approximate surface area is 189 Å². The van der Waals surface area contributed by atoms with E-state index in [4.69, 9.17) is 5.26 Å². The van der Waals surface area contributed by atoms with Crippen LogP contribution in [0.4, 0.5) is 0 Å². The molecular weight excluding hydrogens is 420 g/mol. The van der Waals surface area contributed by atoms with Crippen molar-refractivity contribution in [3.8, 4) is 6.07 Å². The summed E-state index contributed by atoms with van der Waals surface area (Å²) in [7, 11) is -3.86. The number of nitrogens with one attached hydrogen (secondary N) is 1. The van der Waals surface area contributed by atoms with Crippen LogP contribution in [0.2, 0.25) is 0 Å². The zero-order valence-corrected chi connectivity index (χ0v) is 19.0. The Morgan fingerprint density at radius 3 is 2.38 bits per heavy atom. The first-order valence-corrected chi connectivity index (χ1v) is 11.7. The van der Waals surface area contributed by atoms with Crippen molar-refractivity contribution < 1.29 is 8.42 Å². The molecule has 2 aliphatic heterocycles. The highest BCUT2D eigenvalue weighted by molar-refractivity contribution is 7.90. The third-order valence-electron chi connectivity index (χ3n) is 5.40. The molecular formula is C25H24N4O2S. The lowest BCUT2D eigenvalue weighted by molar-refractivity contribution is 0.524. The van der Waals surface area contributed by atoms with Gasteiger partial charge in [0.2, 0.25) is 0 Å². The number of rotatable bonds is 3. The fourth-order valence-corrected chi connectivity index (χ4v) is 4.51. The van der Waals surface area contributed by atoms with E-state index in [9.17, 15) is 8.42 Å². The number of hydrogen-bond acceptors (Lipinski definition) is 4. The third kappa shape index (κ3) is 4.36. The van der Waals surface area contributed by atoms with Crippen LogP contribution in [0.5, 0.6) is 0 Å². The van der Waals surface area contributed by atoms with E-state index in [2.05, 4.69) is 36.6 Å². The molecule has 2 aromatic rings. The van der Waals surface area contributed by atoms with Gasteiger partial charge >= 0.3 is 0 Å². The molecule has 32 heavy (non-hydrogen) atoms. The largest absolute Gasteiger partial charge is 0.348 e. The number of nitrogens with zero attached hydrogens (tertiary/aromatic N) is 3. The number of amidine groups is 1. The molecule has 0 spiro atoms. The molecule has 2 aromatic carbocycles. The SMILES string of the molecule is CC(C)(C)c1ccc(S(=O)(=O)N=C2C=CNC3=CC(c4ccc(C#N)cc4)=CCN32)cc1. The van der Waals surface area contributed by atoms with E-state index in [1.807, 2.05) is 41.3 Å². The molecule has 6 nitrogen and oxygen atoms in total. The number of nitriles is 1. The smallest absolute Gasteiger partial charge is 0.284 e. The molecule has 0 fully saturated rings. The monoisotopic (exact) mass is 444 g/mol. The Hall–Kier alpha value is -3.63. The Kier molecular flexibility index (Phi) is 5.49. The maximum absolute atomic E-state index is 13.0. The van der Waals surface area contributed by atoms with Crippen molar-refractivity contribution in [3.05, 3.63) is 95.5 Å². The number of sulfonamides is 1. The zero-order valence-electron chi connectivity index (χ0n) is 18.2. The van der Waals surface area contributed by atoms with Crippen LogP contribution in [0.15, 0.2) is 88.1 Å². The highest BCUT2D eigenvalue weighted by atomic mass is 32.2. The summed E-state index contributed by atoms with van der Waals surface area (Å²) in [4.78, 5) is 1.98. The summed E-state index contributed by atoms with van der Waals surface area (Å²) in [6.07, 6.45) is 7.28. The Morgan fingerprint density at radius 1 is 1.06 bits per heavy atom. The fraction of sp³-hybridized carbons (Fsp3) is 0.200. The molecule has 0 saturated carbocycles. The van der Waals surface area contributed by atoms with E-state index in [-0.39, 0.29) is 10.3 Å². The molecule has 0 radical (unpaired) electrons. The minimum atomic E-state index is -3.86. The van der Waals surface area contributed by atoms with Gasteiger partial charge < -0.3 is 10.2 Å². The molecule has 0 bridgehead atoms.